The summed E-state index contributed by atoms with van der Waals surface area (Å²) in [6, 6.07) is 19.2. The van der Waals surface area contributed by atoms with Gasteiger partial charge in [0.05, 0.1) is 5.69 Å². The summed E-state index contributed by atoms with van der Waals surface area (Å²) in [5.74, 6) is 0.0377. The molecule has 0 saturated carbocycles. The van der Waals surface area contributed by atoms with Crippen LogP contribution in [0.2, 0.25) is 5.02 Å². The average molecular weight is 331 g/mol. The van der Waals surface area contributed by atoms with Gasteiger partial charge in [0.15, 0.2) is 0 Å². The third-order valence-corrected chi connectivity index (χ3v) is 4.21. The van der Waals surface area contributed by atoms with Gasteiger partial charge in [0, 0.05) is 22.7 Å². The first kappa shape index (κ1) is 15.0. The van der Waals surface area contributed by atoms with Gasteiger partial charge in [-0.1, -0.05) is 46.9 Å². The molecule has 3 nitrogen and oxygen atoms in total. The SMILES string of the molecule is O=S([O-])Cc1ccc(-n2cccc2-c2ccc(Cl)cc2)cc1. The molecule has 1 atom stereocenters. The smallest absolute Gasteiger partial charge is 0.0528 e. The molecule has 0 aliphatic carbocycles. The van der Waals surface area contributed by atoms with Crippen LogP contribution in [0.3, 0.4) is 0 Å². The molecule has 112 valence electrons. The third kappa shape index (κ3) is 3.30. The van der Waals surface area contributed by atoms with E-state index in [0.717, 1.165) is 22.5 Å². The molecule has 3 aromatic rings. The number of rotatable bonds is 4. The molecule has 0 fully saturated rings. The van der Waals surface area contributed by atoms with Crippen molar-refractivity contribution in [2.75, 3.05) is 0 Å². The fourth-order valence-electron chi connectivity index (χ4n) is 2.35. The van der Waals surface area contributed by atoms with Gasteiger partial charge in [-0.2, -0.15) is 0 Å². The van der Waals surface area contributed by atoms with Crippen LogP contribution in [0, 0.1) is 0 Å². The van der Waals surface area contributed by atoms with E-state index in [-0.39, 0.29) is 5.75 Å². The van der Waals surface area contributed by atoms with Gasteiger partial charge in [-0.25, -0.2) is 0 Å². The van der Waals surface area contributed by atoms with Crippen molar-refractivity contribution in [1.82, 2.24) is 4.57 Å². The first-order chi connectivity index (χ1) is 10.6. The summed E-state index contributed by atoms with van der Waals surface area (Å²) >= 11 is 3.87. The van der Waals surface area contributed by atoms with Gasteiger partial charge in [-0.3, -0.25) is 4.21 Å². The number of hydrogen-bond donors (Lipinski definition) is 0. The van der Waals surface area contributed by atoms with E-state index >= 15 is 0 Å². The molecule has 2 aromatic carbocycles. The van der Waals surface area contributed by atoms with Crippen LogP contribution < -0.4 is 0 Å². The normalized spacial score (nSPS) is 12.3. The lowest BCUT2D eigenvalue weighted by Gasteiger charge is -2.11. The standard InChI is InChI=1S/C17H14ClNO2S/c18-15-7-5-14(6-8-15)17-2-1-11-19(17)16-9-3-13(4-10-16)12-22(20)21/h1-11H,12H2,(H,20,21)/p-1. The van der Waals surface area contributed by atoms with Crippen LogP contribution in [0.1, 0.15) is 5.56 Å². The quantitative estimate of drug-likeness (QED) is 0.674. The molecule has 0 N–H and O–H groups in total. The van der Waals surface area contributed by atoms with Gasteiger partial charge in [-0.15, -0.1) is 0 Å². The Hall–Kier alpha value is -1.88. The highest BCUT2D eigenvalue weighted by atomic mass is 35.5. The van der Waals surface area contributed by atoms with Crippen molar-refractivity contribution in [3.63, 3.8) is 0 Å². The van der Waals surface area contributed by atoms with Crippen molar-refractivity contribution >= 4 is 22.7 Å². The highest BCUT2D eigenvalue weighted by Gasteiger charge is 2.06. The zero-order valence-electron chi connectivity index (χ0n) is 11.6. The first-order valence-electron chi connectivity index (χ1n) is 6.72. The second-order valence-electron chi connectivity index (χ2n) is 4.88. The molecule has 0 aliphatic rings. The fourth-order valence-corrected chi connectivity index (χ4v) is 2.94. The van der Waals surface area contributed by atoms with Crippen LogP contribution in [0.15, 0.2) is 66.9 Å². The molecule has 0 amide bonds. The maximum Gasteiger partial charge on any atom is 0.0528 e. The second kappa shape index (κ2) is 6.48. The summed E-state index contributed by atoms with van der Waals surface area (Å²) in [7, 11) is 0. The summed E-state index contributed by atoms with van der Waals surface area (Å²) in [6.45, 7) is 0. The number of benzene rings is 2. The minimum atomic E-state index is -2.07. The molecule has 22 heavy (non-hydrogen) atoms. The molecular formula is C17H13ClNO2S-. The first-order valence-corrected chi connectivity index (χ1v) is 8.34. The van der Waals surface area contributed by atoms with E-state index in [2.05, 4.69) is 4.57 Å². The molecular weight excluding hydrogens is 318 g/mol. The van der Waals surface area contributed by atoms with Crippen molar-refractivity contribution in [2.24, 2.45) is 0 Å². The Kier molecular flexibility index (Phi) is 4.43. The Balaban J connectivity index is 1.94. The Labute approximate surface area is 136 Å². The summed E-state index contributed by atoms with van der Waals surface area (Å²) < 4.78 is 23.5. The summed E-state index contributed by atoms with van der Waals surface area (Å²) in [5, 5.41) is 0.705. The van der Waals surface area contributed by atoms with Gasteiger partial charge in [0.25, 0.3) is 0 Å². The number of aromatic nitrogens is 1. The molecule has 3 rings (SSSR count). The van der Waals surface area contributed by atoms with Gasteiger partial charge >= 0.3 is 0 Å². The van der Waals surface area contributed by atoms with E-state index in [1.807, 2.05) is 66.9 Å². The molecule has 1 heterocycles. The molecule has 0 saturated heterocycles. The van der Waals surface area contributed by atoms with E-state index in [1.165, 1.54) is 0 Å². The lowest BCUT2D eigenvalue weighted by Crippen LogP contribution is -1.97. The predicted molar refractivity (Wildman–Crippen MR) is 88.8 cm³/mol. The van der Waals surface area contributed by atoms with E-state index < -0.39 is 11.1 Å². The Morgan fingerprint density at radius 3 is 2.32 bits per heavy atom. The van der Waals surface area contributed by atoms with E-state index in [1.54, 1.807) is 0 Å². The molecule has 5 heteroatoms. The van der Waals surface area contributed by atoms with Gasteiger partial charge < -0.3 is 9.12 Å². The number of halogens is 1. The number of hydrogen-bond acceptors (Lipinski definition) is 2. The lowest BCUT2D eigenvalue weighted by atomic mass is 10.1. The molecule has 1 unspecified atom stereocenters. The number of nitrogens with zero attached hydrogens (tertiary/aromatic N) is 1. The van der Waals surface area contributed by atoms with E-state index in [0.29, 0.717) is 5.02 Å². The average Bonchev–Trinajstić information content (AvgIpc) is 2.97. The molecule has 1 aromatic heterocycles. The molecule has 0 bridgehead atoms. The second-order valence-corrected chi connectivity index (χ2v) is 6.22. The monoisotopic (exact) mass is 330 g/mol. The van der Waals surface area contributed by atoms with Crippen LogP contribution in [-0.2, 0) is 16.8 Å². The maximum absolute atomic E-state index is 10.7. The summed E-state index contributed by atoms with van der Waals surface area (Å²) in [4.78, 5) is 0. The van der Waals surface area contributed by atoms with Gasteiger partial charge in [-0.05, 0) is 47.5 Å². The maximum atomic E-state index is 10.7. The van der Waals surface area contributed by atoms with Gasteiger partial charge in [0.2, 0.25) is 0 Å². The highest BCUT2D eigenvalue weighted by molar-refractivity contribution is 7.78. The largest absolute Gasteiger partial charge is 0.772 e. The van der Waals surface area contributed by atoms with Crippen LogP contribution in [0.5, 0.6) is 0 Å². The zero-order chi connectivity index (χ0) is 15.5. The third-order valence-electron chi connectivity index (χ3n) is 3.39. The Bertz CT molecular complexity index is 794. The minimum absolute atomic E-state index is 0.0377. The van der Waals surface area contributed by atoms with Crippen LogP contribution >= 0.6 is 11.6 Å². The lowest BCUT2D eigenvalue weighted by molar-refractivity contribution is 0.536. The predicted octanol–water partition coefficient (Wildman–Crippen LogP) is 4.18. The fraction of sp³-hybridized carbons (Fsp3) is 0.0588. The molecule has 0 aliphatic heterocycles. The zero-order valence-corrected chi connectivity index (χ0v) is 13.2. The molecule has 0 radical (unpaired) electrons. The topological polar surface area (TPSA) is 45.1 Å². The van der Waals surface area contributed by atoms with Crippen molar-refractivity contribution in [2.45, 2.75) is 5.75 Å². The minimum Gasteiger partial charge on any atom is -0.772 e. The van der Waals surface area contributed by atoms with Crippen molar-refractivity contribution in [3.8, 4) is 16.9 Å². The van der Waals surface area contributed by atoms with Gasteiger partial charge in [0.1, 0.15) is 0 Å². The summed E-state index contributed by atoms with van der Waals surface area (Å²) in [6.07, 6.45) is 1.98. The summed E-state index contributed by atoms with van der Waals surface area (Å²) in [5.41, 5.74) is 3.88. The van der Waals surface area contributed by atoms with Crippen LogP contribution in [0.25, 0.3) is 16.9 Å². The molecule has 0 spiro atoms. The van der Waals surface area contributed by atoms with Crippen LogP contribution in [0.4, 0.5) is 0 Å². The van der Waals surface area contributed by atoms with Crippen molar-refractivity contribution in [1.29, 1.82) is 0 Å². The van der Waals surface area contributed by atoms with Crippen molar-refractivity contribution in [3.05, 3.63) is 77.4 Å². The van der Waals surface area contributed by atoms with Crippen molar-refractivity contribution < 1.29 is 8.76 Å². The highest BCUT2D eigenvalue weighted by Crippen LogP contribution is 2.25. The van der Waals surface area contributed by atoms with Crippen LogP contribution in [-0.4, -0.2) is 13.3 Å². The Morgan fingerprint density at radius 2 is 1.68 bits per heavy atom. The van der Waals surface area contributed by atoms with E-state index in [9.17, 15) is 8.76 Å². The van der Waals surface area contributed by atoms with E-state index in [4.69, 9.17) is 11.6 Å². The Morgan fingerprint density at radius 1 is 1.00 bits per heavy atom.